The molecular formula is C11H17NO2S. The molecule has 15 heavy (non-hydrogen) atoms. The molecule has 3 nitrogen and oxygen atoms in total. The molecule has 0 spiro atoms. The topological polar surface area (TPSA) is 39.2 Å². The van der Waals surface area contributed by atoms with E-state index >= 15 is 0 Å². The van der Waals surface area contributed by atoms with Crippen molar-refractivity contribution in [1.82, 2.24) is 4.98 Å². The minimum absolute atomic E-state index is 0.0949. The molecular weight excluding hydrogens is 210 g/mol. The van der Waals surface area contributed by atoms with Gasteiger partial charge in [-0.1, -0.05) is 0 Å². The lowest BCUT2D eigenvalue weighted by atomic mass is 10.3. The zero-order valence-electron chi connectivity index (χ0n) is 9.66. The number of aromatic nitrogens is 1. The molecule has 0 N–H and O–H groups in total. The maximum atomic E-state index is 11.5. The first-order valence-corrected chi connectivity index (χ1v) is 5.87. The van der Waals surface area contributed by atoms with Crippen molar-refractivity contribution in [3.05, 3.63) is 15.6 Å². The molecule has 84 valence electrons. The Morgan fingerprint density at radius 2 is 2.13 bits per heavy atom. The summed E-state index contributed by atoms with van der Waals surface area (Å²) in [5.41, 5.74) is 1.02. The first-order valence-electron chi connectivity index (χ1n) is 5.05. The number of hydrogen-bond acceptors (Lipinski definition) is 4. The number of nitrogens with zero attached hydrogens (tertiary/aromatic N) is 1. The zero-order chi connectivity index (χ0) is 11.4. The van der Waals surface area contributed by atoms with Crippen LogP contribution in [0.3, 0.4) is 0 Å². The van der Waals surface area contributed by atoms with Crippen LogP contribution in [0.4, 0.5) is 0 Å². The molecule has 1 aromatic rings. The predicted molar refractivity (Wildman–Crippen MR) is 61.4 cm³/mol. The van der Waals surface area contributed by atoms with E-state index in [1.807, 2.05) is 27.7 Å². The number of thiazole rings is 1. The summed E-state index contributed by atoms with van der Waals surface area (Å²) in [6.45, 7) is 8.02. The third-order valence-corrected chi connectivity index (χ3v) is 3.07. The van der Waals surface area contributed by atoms with Gasteiger partial charge in [-0.3, -0.25) is 4.79 Å². The first-order chi connectivity index (χ1) is 6.99. The molecule has 0 aliphatic carbocycles. The molecule has 1 rings (SSSR count). The fourth-order valence-electron chi connectivity index (χ4n) is 1.09. The Morgan fingerprint density at radius 3 is 2.60 bits per heavy atom. The SMILES string of the molecule is Cc1nc(CC(=O)COC(C)C)sc1C. The molecule has 0 radical (unpaired) electrons. The van der Waals surface area contributed by atoms with Crippen LogP contribution in [0.15, 0.2) is 0 Å². The average molecular weight is 227 g/mol. The Morgan fingerprint density at radius 1 is 1.47 bits per heavy atom. The zero-order valence-corrected chi connectivity index (χ0v) is 10.5. The average Bonchev–Trinajstić information content (AvgIpc) is 2.42. The Balaban J connectivity index is 2.44. The summed E-state index contributed by atoms with van der Waals surface area (Å²) < 4.78 is 5.24. The van der Waals surface area contributed by atoms with Crippen molar-refractivity contribution in [3.8, 4) is 0 Å². The summed E-state index contributed by atoms with van der Waals surface area (Å²) in [5, 5.41) is 0.891. The highest BCUT2D eigenvalue weighted by molar-refractivity contribution is 7.11. The van der Waals surface area contributed by atoms with Gasteiger partial charge in [0.1, 0.15) is 11.6 Å². The van der Waals surface area contributed by atoms with Gasteiger partial charge in [0.25, 0.3) is 0 Å². The lowest BCUT2D eigenvalue weighted by molar-refractivity contribution is -0.124. The van der Waals surface area contributed by atoms with E-state index in [0.717, 1.165) is 10.7 Å². The second-order valence-electron chi connectivity index (χ2n) is 3.82. The van der Waals surface area contributed by atoms with Crippen LogP contribution in [0.25, 0.3) is 0 Å². The number of aryl methyl sites for hydroxylation is 2. The Hall–Kier alpha value is -0.740. The maximum absolute atomic E-state index is 11.5. The van der Waals surface area contributed by atoms with Crippen molar-refractivity contribution in [2.24, 2.45) is 0 Å². The van der Waals surface area contributed by atoms with Crippen LogP contribution in [0, 0.1) is 13.8 Å². The molecule has 0 bridgehead atoms. The minimum atomic E-state index is 0.0949. The summed E-state index contributed by atoms with van der Waals surface area (Å²) >= 11 is 1.59. The molecule has 0 saturated heterocycles. The Bertz CT molecular complexity index is 325. The number of carbonyl (C=O) groups excluding carboxylic acids is 1. The standard InChI is InChI=1S/C11H17NO2S/c1-7(2)14-6-10(13)5-11-12-8(3)9(4)15-11/h7H,5-6H2,1-4H3. The van der Waals surface area contributed by atoms with Crippen molar-refractivity contribution in [2.75, 3.05) is 6.61 Å². The van der Waals surface area contributed by atoms with E-state index in [2.05, 4.69) is 4.98 Å². The van der Waals surface area contributed by atoms with Crippen molar-refractivity contribution in [1.29, 1.82) is 0 Å². The number of Topliss-reactive ketones (excluding diaryl/α,β-unsaturated/α-hetero) is 1. The number of hydrogen-bond donors (Lipinski definition) is 0. The van der Waals surface area contributed by atoms with Crippen LogP contribution in [0.1, 0.15) is 29.4 Å². The molecule has 1 aromatic heterocycles. The molecule has 1 heterocycles. The monoisotopic (exact) mass is 227 g/mol. The second kappa shape index (κ2) is 5.37. The lowest BCUT2D eigenvalue weighted by Crippen LogP contribution is -2.15. The van der Waals surface area contributed by atoms with Crippen LogP contribution in [-0.2, 0) is 16.0 Å². The van der Waals surface area contributed by atoms with Gasteiger partial charge in [0.15, 0.2) is 5.78 Å². The summed E-state index contributed by atoms with van der Waals surface area (Å²) in [7, 11) is 0. The third kappa shape index (κ3) is 4.10. The fourth-order valence-corrected chi connectivity index (χ4v) is 2.06. The predicted octanol–water partition coefficient (Wildman–Crippen LogP) is 2.30. The van der Waals surface area contributed by atoms with Gasteiger partial charge in [0.2, 0.25) is 0 Å². The second-order valence-corrected chi connectivity index (χ2v) is 5.11. The van der Waals surface area contributed by atoms with E-state index in [4.69, 9.17) is 4.74 Å². The molecule has 0 saturated carbocycles. The number of ketones is 1. The van der Waals surface area contributed by atoms with E-state index in [9.17, 15) is 4.79 Å². The van der Waals surface area contributed by atoms with Crippen molar-refractivity contribution >= 4 is 17.1 Å². The highest BCUT2D eigenvalue weighted by Gasteiger charge is 2.09. The normalized spacial score (nSPS) is 11.0. The Kier molecular flexibility index (Phi) is 4.42. The molecule has 0 aromatic carbocycles. The minimum Gasteiger partial charge on any atom is -0.371 e. The molecule has 0 atom stereocenters. The highest BCUT2D eigenvalue weighted by atomic mass is 32.1. The van der Waals surface area contributed by atoms with Gasteiger partial charge in [-0.2, -0.15) is 0 Å². The summed E-state index contributed by atoms with van der Waals surface area (Å²) in [5.74, 6) is 0.0949. The van der Waals surface area contributed by atoms with Crippen LogP contribution >= 0.6 is 11.3 Å². The van der Waals surface area contributed by atoms with E-state index in [1.165, 1.54) is 4.88 Å². The van der Waals surface area contributed by atoms with Gasteiger partial charge in [0.05, 0.1) is 18.2 Å². The first kappa shape index (κ1) is 12.3. The quantitative estimate of drug-likeness (QED) is 0.774. The molecule has 4 heteroatoms. The van der Waals surface area contributed by atoms with Crippen molar-refractivity contribution < 1.29 is 9.53 Å². The number of carbonyl (C=O) groups is 1. The molecule has 0 unspecified atom stereocenters. The van der Waals surface area contributed by atoms with Crippen molar-refractivity contribution in [2.45, 2.75) is 40.2 Å². The molecule has 0 amide bonds. The van der Waals surface area contributed by atoms with Gasteiger partial charge in [0, 0.05) is 4.88 Å². The maximum Gasteiger partial charge on any atom is 0.165 e. The van der Waals surface area contributed by atoms with Gasteiger partial charge in [-0.25, -0.2) is 4.98 Å². The fraction of sp³-hybridized carbons (Fsp3) is 0.636. The van der Waals surface area contributed by atoms with Gasteiger partial charge in [-0.15, -0.1) is 11.3 Å². The number of ether oxygens (including phenoxy) is 1. The van der Waals surface area contributed by atoms with Gasteiger partial charge < -0.3 is 4.74 Å². The summed E-state index contributed by atoms with van der Waals surface area (Å²) in [6, 6.07) is 0. The van der Waals surface area contributed by atoms with E-state index in [-0.39, 0.29) is 18.5 Å². The van der Waals surface area contributed by atoms with Crippen LogP contribution in [0.2, 0.25) is 0 Å². The summed E-state index contributed by atoms with van der Waals surface area (Å²) in [4.78, 5) is 17.0. The number of rotatable bonds is 5. The molecule has 0 fully saturated rings. The molecule has 0 aliphatic rings. The van der Waals surface area contributed by atoms with Crippen LogP contribution in [-0.4, -0.2) is 23.5 Å². The van der Waals surface area contributed by atoms with Gasteiger partial charge >= 0.3 is 0 Å². The van der Waals surface area contributed by atoms with E-state index in [1.54, 1.807) is 11.3 Å². The molecule has 0 aliphatic heterocycles. The van der Waals surface area contributed by atoms with Crippen LogP contribution in [0.5, 0.6) is 0 Å². The lowest BCUT2D eigenvalue weighted by Gasteiger charge is -2.04. The summed E-state index contributed by atoms with van der Waals surface area (Å²) in [6.07, 6.45) is 0.500. The van der Waals surface area contributed by atoms with E-state index in [0.29, 0.717) is 6.42 Å². The van der Waals surface area contributed by atoms with E-state index < -0.39 is 0 Å². The van der Waals surface area contributed by atoms with Gasteiger partial charge in [-0.05, 0) is 27.7 Å². The smallest absolute Gasteiger partial charge is 0.165 e. The largest absolute Gasteiger partial charge is 0.371 e. The third-order valence-electron chi connectivity index (χ3n) is 2.00. The van der Waals surface area contributed by atoms with Crippen LogP contribution < -0.4 is 0 Å². The Labute approximate surface area is 94.5 Å². The highest BCUT2D eigenvalue weighted by Crippen LogP contribution is 2.16. The van der Waals surface area contributed by atoms with Crippen molar-refractivity contribution in [3.63, 3.8) is 0 Å².